The molecule has 84 valence electrons. The fourth-order valence-corrected chi connectivity index (χ4v) is 3.47. The first-order valence-electron chi connectivity index (χ1n) is 5.95. The van der Waals surface area contributed by atoms with E-state index >= 15 is 0 Å². The molecule has 2 bridgehead atoms. The smallest absolute Gasteiger partial charge is 0.143 e. The molecule has 15 heavy (non-hydrogen) atoms. The molecule has 3 rings (SSSR count). The van der Waals surface area contributed by atoms with E-state index in [2.05, 4.69) is 19.9 Å². The molecule has 0 aliphatic heterocycles. The van der Waals surface area contributed by atoms with E-state index in [-0.39, 0.29) is 23.9 Å². The first-order valence-corrected chi connectivity index (χ1v) is 5.95. The summed E-state index contributed by atoms with van der Waals surface area (Å²) in [6, 6.07) is 0. The van der Waals surface area contributed by atoms with Crippen molar-refractivity contribution in [2.45, 2.75) is 39.5 Å². The number of carbonyl (C=O) groups excluding carboxylic acids is 1. The van der Waals surface area contributed by atoms with Crippen LogP contribution >= 0.6 is 0 Å². The summed E-state index contributed by atoms with van der Waals surface area (Å²) >= 11 is 0. The lowest BCUT2D eigenvalue weighted by Crippen LogP contribution is -2.46. The van der Waals surface area contributed by atoms with Crippen LogP contribution in [0.1, 0.15) is 39.5 Å². The van der Waals surface area contributed by atoms with Crippen molar-refractivity contribution in [1.29, 1.82) is 0 Å². The van der Waals surface area contributed by atoms with Gasteiger partial charge < -0.3 is 5.11 Å². The summed E-state index contributed by atoms with van der Waals surface area (Å²) in [7, 11) is 0. The number of rotatable bonds is 3. The third-order valence-corrected chi connectivity index (χ3v) is 4.54. The lowest BCUT2D eigenvalue weighted by Gasteiger charge is -2.49. The number of allylic oxidation sites excluding steroid dienone is 2. The second-order valence-electron chi connectivity index (χ2n) is 5.10. The fraction of sp³-hybridized carbons (Fsp3) is 0.769. The minimum Gasteiger partial charge on any atom is -0.396 e. The van der Waals surface area contributed by atoms with Crippen LogP contribution in [0.2, 0.25) is 0 Å². The quantitative estimate of drug-likeness (QED) is 0.723. The maximum Gasteiger partial charge on any atom is 0.143 e. The van der Waals surface area contributed by atoms with Crippen LogP contribution in [0.4, 0.5) is 0 Å². The molecule has 0 saturated heterocycles. The lowest BCUT2D eigenvalue weighted by molar-refractivity contribution is -0.133. The molecular formula is C13H20O2. The molecule has 1 N–H and O–H groups in total. The Bertz CT molecular complexity index is 306. The number of aliphatic hydroxyl groups is 1. The highest BCUT2D eigenvalue weighted by atomic mass is 16.2. The minimum absolute atomic E-state index is 0.0779. The number of carbonyl (C=O) groups is 1. The van der Waals surface area contributed by atoms with Gasteiger partial charge in [-0.3, -0.25) is 4.79 Å². The van der Waals surface area contributed by atoms with E-state index in [1.807, 2.05) is 0 Å². The summed E-state index contributed by atoms with van der Waals surface area (Å²) in [5.74, 6) is 0.772. The molecule has 1 saturated carbocycles. The van der Waals surface area contributed by atoms with Gasteiger partial charge in [0.2, 0.25) is 0 Å². The van der Waals surface area contributed by atoms with Crippen molar-refractivity contribution in [1.82, 2.24) is 0 Å². The molecule has 0 spiro atoms. The predicted octanol–water partition coefficient (Wildman–Crippen LogP) is 2.32. The third kappa shape index (κ3) is 1.46. The average Bonchev–Trinajstić information content (AvgIpc) is 2.24. The predicted molar refractivity (Wildman–Crippen MR) is 59.4 cm³/mol. The van der Waals surface area contributed by atoms with Crippen molar-refractivity contribution in [3.05, 3.63) is 11.6 Å². The van der Waals surface area contributed by atoms with Crippen molar-refractivity contribution in [2.75, 3.05) is 6.61 Å². The summed E-state index contributed by atoms with van der Waals surface area (Å²) in [5.41, 5.74) is 1.47. The van der Waals surface area contributed by atoms with Gasteiger partial charge in [-0.1, -0.05) is 18.6 Å². The Hall–Kier alpha value is -0.630. The van der Waals surface area contributed by atoms with Crippen LogP contribution in [0.25, 0.3) is 0 Å². The molecule has 3 aliphatic rings. The number of ketones is 1. The van der Waals surface area contributed by atoms with Crippen molar-refractivity contribution < 1.29 is 9.90 Å². The molecule has 3 aliphatic carbocycles. The molecule has 0 radical (unpaired) electrons. The molecule has 0 aromatic carbocycles. The molecule has 0 unspecified atom stereocenters. The van der Waals surface area contributed by atoms with Crippen LogP contribution in [0, 0.1) is 17.3 Å². The Morgan fingerprint density at radius 1 is 1.60 bits per heavy atom. The molecule has 0 heterocycles. The Morgan fingerprint density at radius 2 is 2.33 bits per heavy atom. The second-order valence-corrected chi connectivity index (χ2v) is 5.10. The Labute approximate surface area is 91.4 Å². The molecule has 3 atom stereocenters. The molecule has 0 aromatic heterocycles. The van der Waals surface area contributed by atoms with Crippen LogP contribution < -0.4 is 0 Å². The van der Waals surface area contributed by atoms with Crippen molar-refractivity contribution in [3.8, 4) is 0 Å². The lowest BCUT2D eigenvalue weighted by atomic mass is 9.54. The summed E-state index contributed by atoms with van der Waals surface area (Å²) in [6.45, 7) is 4.47. The van der Waals surface area contributed by atoms with Crippen molar-refractivity contribution in [3.63, 3.8) is 0 Å². The first kappa shape index (κ1) is 10.9. The van der Waals surface area contributed by atoms with E-state index < -0.39 is 0 Å². The highest BCUT2D eigenvalue weighted by molar-refractivity contribution is 5.88. The van der Waals surface area contributed by atoms with Crippen LogP contribution in [0.5, 0.6) is 0 Å². The maximum absolute atomic E-state index is 12.0. The van der Waals surface area contributed by atoms with Crippen LogP contribution in [-0.2, 0) is 4.79 Å². The maximum atomic E-state index is 12.0. The molecular weight excluding hydrogens is 188 g/mol. The Balaban J connectivity index is 2.30. The molecule has 0 amide bonds. The van der Waals surface area contributed by atoms with Crippen molar-refractivity contribution >= 4 is 5.78 Å². The van der Waals surface area contributed by atoms with Crippen LogP contribution in [-0.4, -0.2) is 17.5 Å². The zero-order chi connectivity index (χ0) is 11.1. The van der Waals surface area contributed by atoms with Gasteiger partial charge in [-0.05, 0) is 32.6 Å². The first-order chi connectivity index (χ1) is 7.12. The number of Topliss-reactive ketones (excluding diaryl/α,β-unsaturated/α-hetero) is 1. The normalized spacial score (nSPS) is 39.4. The van der Waals surface area contributed by atoms with Gasteiger partial charge in [-0.15, -0.1) is 0 Å². The van der Waals surface area contributed by atoms with Crippen molar-refractivity contribution in [2.24, 2.45) is 17.3 Å². The summed E-state index contributed by atoms with van der Waals surface area (Å²) in [4.78, 5) is 12.0. The molecule has 2 heteroatoms. The molecule has 2 nitrogen and oxygen atoms in total. The van der Waals surface area contributed by atoms with E-state index in [1.54, 1.807) is 0 Å². The van der Waals surface area contributed by atoms with Crippen LogP contribution in [0.15, 0.2) is 11.6 Å². The number of hydrogen-bond acceptors (Lipinski definition) is 2. The third-order valence-electron chi connectivity index (χ3n) is 4.54. The average molecular weight is 208 g/mol. The van der Waals surface area contributed by atoms with E-state index in [0.29, 0.717) is 5.78 Å². The van der Waals surface area contributed by atoms with Gasteiger partial charge in [-0.2, -0.15) is 0 Å². The van der Waals surface area contributed by atoms with Gasteiger partial charge in [0, 0.05) is 23.9 Å². The summed E-state index contributed by atoms with van der Waals surface area (Å²) in [6.07, 6.45) is 6.10. The van der Waals surface area contributed by atoms with E-state index in [9.17, 15) is 4.79 Å². The number of aliphatic hydroxyl groups excluding tert-OH is 1. The van der Waals surface area contributed by atoms with E-state index in [0.717, 1.165) is 25.7 Å². The van der Waals surface area contributed by atoms with E-state index in [1.165, 1.54) is 5.57 Å². The Morgan fingerprint density at radius 3 is 2.93 bits per heavy atom. The van der Waals surface area contributed by atoms with Gasteiger partial charge in [0.15, 0.2) is 0 Å². The van der Waals surface area contributed by atoms with Gasteiger partial charge in [-0.25, -0.2) is 0 Å². The monoisotopic (exact) mass is 208 g/mol. The van der Waals surface area contributed by atoms with Gasteiger partial charge in [0.25, 0.3) is 0 Å². The summed E-state index contributed by atoms with van der Waals surface area (Å²) in [5, 5.41) is 8.95. The fourth-order valence-electron chi connectivity index (χ4n) is 3.47. The zero-order valence-electron chi connectivity index (χ0n) is 9.62. The van der Waals surface area contributed by atoms with Gasteiger partial charge >= 0.3 is 0 Å². The highest BCUT2D eigenvalue weighted by Gasteiger charge is 2.49. The SMILES string of the molecule is CC1=C[C@H]2CC[C@]1(CCCO)[C@@H](C)C2=O. The highest BCUT2D eigenvalue weighted by Crippen LogP contribution is 2.54. The zero-order valence-corrected chi connectivity index (χ0v) is 9.62. The van der Waals surface area contributed by atoms with Crippen LogP contribution in [0.3, 0.4) is 0 Å². The van der Waals surface area contributed by atoms with Gasteiger partial charge in [0.05, 0.1) is 0 Å². The minimum atomic E-state index is 0.0779. The number of hydrogen-bond donors (Lipinski definition) is 1. The second kappa shape index (κ2) is 3.75. The molecule has 0 aromatic rings. The van der Waals surface area contributed by atoms with Gasteiger partial charge in [0.1, 0.15) is 5.78 Å². The summed E-state index contributed by atoms with van der Waals surface area (Å²) < 4.78 is 0. The topological polar surface area (TPSA) is 37.3 Å². The largest absolute Gasteiger partial charge is 0.396 e. The number of fused-ring (bicyclic) bond motifs is 2. The standard InChI is InChI=1S/C13H20O2/c1-9-8-11-4-6-13(9,5-3-7-14)10(2)12(11)15/h8,10-11,14H,3-7H2,1-2H3/t10-,11+,13-/m0/s1. The Kier molecular flexibility index (Phi) is 2.72. The van der Waals surface area contributed by atoms with E-state index in [4.69, 9.17) is 5.11 Å². The molecule has 1 fully saturated rings.